The highest BCUT2D eigenvalue weighted by Gasteiger charge is 2.11. The summed E-state index contributed by atoms with van der Waals surface area (Å²) in [6.45, 7) is 9.84. The highest BCUT2D eigenvalue weighted by Crippen LogP contribution is 2.29. The average molecular weight is 418 g/mol. The molecule has 7 heteroatoms. The van der Waals surface area contributed by atoms with Crippen LogP contribution in [-0.4, -0.2) is 33.8 Å². The summed E-state index contributed by atoms with van der Waals surface area (Å²) in [5.41, 5.74) is 5.22. The molecule has 0 saturated carbocycles. The summed E-state index contributed by atoms with van der Waals surface area (Å²) in [6.07, 6.45) is 3.47. The number of aryl methyl sites for hydroxylation is 1. The van der Waals surface area contributed by atoms with Crippen molar-refractivity contribution >= 4 is 22.9 Å². The van der Waals surface area contributed by atoms with Gasteiger partial charge < -0.3 is 14.8 Å². The smallest absolute Gasteiger partial charge is 0.178 e. The van der Waals surface area contributed by atoms with Crippen LogP contribution in [0, 0.1) is 6.92 Å². The molecule has 1 N–H and O–H groups in total. The fourth-order valence-electron chi connectivity index (χ4n) is 3.14. The van der Waals surface area contributed by atoms with E-state index in [1.165, 1.54) is 6.33 Å². The Kier molecular flexibility index (Phi) is 6.87. The number of hydrogen-bond acceptors (Lipinski definition) is 6. The van der Waals surface area contributed by atoms with Gasteiger partial charge in [-0.05, 0) is 36.8 Å². The maximum Gasteiger partial charge on any atom is 0.178 e. The molecule has 4 rings (SSSR count). The zero-order valence-corrected chi connectivity index (χ0v) is 18.5. The van der Waals surface area contributed by atoms with Crippen LogP contribution in [0.3, 0.4) is 0 Å². The molecule has 0 aliphatic heterocycles. The van der Waals surface area contributed by atoms with Crippen molar-refractivity contribution in [2.75, 3.05) is 19.5 Å². The maximum absolute atomic E-state index is 5.29. The summed E-state index contributed by atoms with van der Waals surface area (Å²) in [5, 5.41) is 7.66. The third-order valence-electron chi connectivity index (χ3n) is 4.66. The molecule has 0 aliphatic rings. The van der Waals surface area contributed by atoms with Gasteiger partial charge in [0.25, 0.3) is 0 Å². The zero-order chi connectivity index (χ0) is 22.4. The molecule has 31 heavy (non-hydrogen) atoms. The van der Waals surface area contributed by atoms with Gasteiger partial charge in [-0.25, -0.2) is 14.5 Å². The van der Waals surface area contributed by atoms with Crippen LogP contribution in [-0.2, 0) is 4.74 Å². The molecule has 0 bridgehead atoms. The number of aromatic nitrogens is 4. The average Bonchev–Trinajstić information content (AvgIpc) is 3.29. The van der Waals surface area contributed by atoms with Crippen LogP contribution in [0.4, 0.5) is 11.5 Å². The second kappa shape index (κ2) is 9.75. The van der Waals surface area contributed by atoms with Gasteiger partial charge in [-0.3, -0.25) is 0 Å². The number of nitrogens with zero attached hydrogens (tertiary/aromatic N) is 4. The lowest BCUT2D eigenvalue weighted by Crippen LogP contribution is -2.00. The monoisotopic (exact) mass is 417 g/mol. The number of hydrogen-bond donors (Lipinski definition) is 1. The minimum Gasteiger partial charge on any atom is -0.497 e. The van der Waals surface area contributed by atoms with Gasteiger partial charge in [0.15, 0.2) is 5.65 Å². The number of nitrogens with one attached hydrogen (secondary N) is 1. The van der Waals surface area contributed by atoms with Crippen LogP contribution < -0.4 is 10.1 Å². The van der Waals surface area contributed by atoms with E-state index in [1.807, 2.05) is 69.4 Å². The van der Waals surface area contributed by atoms with Crippen molar-refractivity contribution in [2.45, 2.75) is 20.8 Å². The molecule has 0 spiro atoms. The van der Waals surface area contributed by atoms with Crippen LogP contribution in [0.25, 0.3) is 22.5 Å². The van der Waals surface area contributed by atoms with E-state index in [0.717, 1.165) is 33.8 Å². The van der Waals surface area contributed by atoms with E-state index in [0.29, 0.717) is 17.2 Å². The second-order valence-electron chi connectivity index (χ2n) is 6.49. The molecule has 4 aromatic rings. The number of anilines is 2. The Hall–Kier alpha value is -3.87. The summed E-state index contributed by atoms with van der Waals surface area (Å²) >= 11 is 0. The fourth-order valence-corrected chi connectivity index (χ4v) is 3.14. The van der Waals surface area contributed by atoms with E-state index in [-0.39, 0.29) is 0 Å². The summed E-state index contributed by atoms with van der Waals surface area (Å²) in [6, 6.07) is 13.8. The lowest BCUT2D eigenvalue weighted by atomic mass is 10.0. The van der Waals surface area contributed by atoms with Crippen molar-refractivity contribution in [1.82, 2.24) is 19.6 Å². The minimum absolute atomic E-state index is 0.616. The molecule has 0 fully saturated rings. The molecule has 0 amide bonds. The van der Waals surface area contributed by atoms with Crippen molar-refractivity contribution in [3.8, 4) is 16.9 Å². The quantitative estimate of drug-likeness (QED) is 0.418. The molecule has 7 nitrogen and oxygen atoms in total. The molecule has 3 heterocycles. The largest absolute Gasteiger partial charge is 0.497 e. The van der Waals surface area contributed by atoms with Gasteiger partial charge in [-0.1, -0.05) is 38.6 Å². The Bertz CT molecular complexity index is 1200. The van der Waals surface area contributed by atoms with Crippen LogP contribution in [0.15, 0.2) is 61.6 Å². The predicted molar refractivity (Wildman–Crippen MR) is 125 cm³/mol. The second-order valence-corrected chi connectivity index (χ2v) is 6.49. The topological polar surface area (TPSA) is 73.6 Å². The number of pyridine rings is 2. The first-order chi connectivity index (χ1) is 15.1. The first-order valence-corrected chi connectivity index (χ1v) is 10.0. The lowest BCUT2D eigenvalue weighted by Gasteiger charge is -2.12. The van der Waals surface area contributed by atoms with Crippen LogP contribution >= 0.6 is 0 Å². The van der Waals surface area contributed by atoms with Crippen molar-refractivity contribution < 1.29 is 9.47 Å². The van der Waals surface area contributed by atoms with Gasteiger partial charge in [-0.2, -0.15) is 5.10 Å². The van der Waals surface area contributed by atoms with Crippen molar-refractivity contribution in [2.24, 2.45) is 0 Å². The Morgan fingerprint density at radius 1 is 1.06 bits per heavy atom. The third kappa shape index (κ3) is 4.66. The molecule has 0 radical (unpaired) electrons. The summed E-state index contributed by atoms with van der Waals surface area (Å²) in [7, 11) is 3.25. The molecular formula is C24H27N5O2. The summed E-state index contributed by atoms with van der Waals surface area (Å²) in [4.78, 5) is 8.93. The van der Waals surface area contributed by atoms with E-state index in [4.69, 9.17) is 9.47 Å². The van der Waals surface area contributed by atoms with E-state index in [2.05, 4.69) is 27.0 Å². The van der Waals surface area contributed by atoms with Crippen LogP contribution in [0.2, 0.25) is 0 Å². The third-order valence-corrected chi connectivity index (χ3v) is 4.66. The molecule has 3 aromatic heterocycles. The van der Waals surface area contributed by atoms with Gasteiger partial charge in [0, 0.05) is 17.3 Å². The summed E-state index contributed by atoms with van der Waals surface area (Å²) in [5.74, 6) is 2.06. The van der Waals surface area contributed by atoms with E-state index in [1.54, 1.807) is 18.7 Å². The van der Waals surface area contributed by atoms with Gasteiger partial charge in [0.2, 0.25) is 0 Å². The van der Waals surface area contributed by atoms with Crippen molar-refractivity contribution in [3.63, 3.8) is 0 Å². The minimum atomic E-state index is 0.616. The zero-order valence-electron chi connectivity index (χ0n) is 18.5. The fraction of sp³-hybridized carbons (Fsp3) is 0.208. The predicted octanol–water partition coefficient (Wildman–Crippen LogP) is 5.50. The van der Waals surface area contributed by atoms with Crippen LogP contribution in [0.1, 0.15) is 25.1 Å². The van der Waals surface area contributed by atoms with Gasteiger partial charge >= 0.3 is 0 Å². The van der Waals surface area contributed by atoms with Gasteiger partial charge in [0.05, 0.1) is 25.6 Å². The Morgan fingerprint density at radius 3 is 2.58 bits per heavy atom. The molecule has 0 saturated heterocycles. The molecule has 160 valence electrons. The van der Waals surface area contributed by atoms with Crippen molar-refractivity contribution in [1.29, 1.82) is 0 Å². The first kappa shape index (κ1) is 21.8. The Morgan fingerprint density at radius 2 is 1.87 bits per heavy atom. The standard InChI is InChI=1S/C22H21N5O2.C2H6/c1-14-20(29-4)8-9-21(25-14)26-19-11-18(12-27-22(19)23-13-24-27)17-7-5-6-16(10-17)15(2)28-3;1-2/h5-13H,2H2,1,3-4H3,(H,25,26);1-2H3. The van der Waals surface area contributed by atoms with E-state index < -0.39 is 0 Å². The highest BCUT2D eigenvalue weighted by atomic mass is 16.5. The Balaban J connectivity index is 0.00000132. The molecule has 1 aromatic carbocycles. The number of methoxy groups -OCH3 is 2. The molecule has 0 unspecified atom stereocenters. The number of benzene rings is 1. The number of rotatable bonds is 6. The first-order valence-electron chi connectivity index (χ1n) is 10.0. The van der Waals surface area contributed by atoms with Crippen molar-refractivity contribution in [3.05, 3.63) is 72.8 Å². The highest BCUT2D eigenvalue weighted by molar-refractivity contribution is 5.79. The lowest BCUT2D eigenvalue weighted by molar-refractivity contribution is 0.371. The number of fused-ring (bicyclic) bond motifs is 1. The normalized spacial score (nSPS) is 10.2. The van der Waals surface area contributed by atoms with E-state index >= 15 is 0 Å². The Labute approximate surface area is 182 Å². The van der Waals surface area contributed by atoms with E-state index in [9.17, 15) is 0 Å². The molecular weight excluding hydrogens is 390 g/mol. The maximum atomic E-state index is 5.29. The number of ether oxygens (including phenoxy) is 2. The molecule has 0 aliphatic carbocycles. The summed E-state index contributed by atoms with van der Waals surface area (Å²) < 4.78 is 12.3. The SMILES string of the molecule is C=C(OC)c1cccc(-c2cc(Nc3ccc(OC)c(C)n3)c3ncnn3c2)c1.CC. The van der Waals surface area contributed by atoms with Gasteiger partial charge in [-0.15, -0.1) is 0 Å². The van der Waals surface area contributed by atoms with Crippen LogP contribution in [0.5, 0.6) is 5.75 Å². The van der Waals surface area contributed by atoms with Gasteiger partial charge in [0.1, 0.15) is 23.7 Å². The molecule has 0 atom stereocenters.